The molecule has 0 aromatic rings. The normalized spacial score (nSPS) is 15.8. The average molecular weight is 192 g/mol. The number of carbonyl (C=O) groups excluding carboxylic acids is 1. The molecular weight excluding hydrogens is 176 g/mol. The highest BCUT2D eigenvalue weighted by atomic mass is 16.7. The summed E-state index contributed by atoms with van der Waals surface area (Å²) in [5.41, 5.74) is 0. The van der Waals surface area contributed by atoms with Crippen LogP contribution in [0.25, 0.3) is 0 Å². The van der Waals surface area contributed by atoms with E-state index in [0.717, 1.165) is 0 Å². The second kappa shape index (κ2) is 6.04. The van der Waals surface area contributed by atoms with Crippen molar-refractivity contribution in [2.75, 3.05) is 14.2 Å². The van der Waals surface area contributed by atoms with Crippen molar-refractivity contribution in [3.8, 4) is 0 Å². The van der Waals surface area contributed by atoms with E-state index in [-0.39, 0.29) is 6.42 Å². The molecule has 78 valence electrons. The van der Waals surface area contributed by atoms with Crippen molar-refractivity contribution in [2.24, 2.45) is 0 Å². The largest absolute Gasteiger partial charge is 0.390 e. The summed E-state index contributed by atoms with van der Waals surface area (Å²) in [7, 11) is 2.84. The fourth-order valence-electron chi connectivity index (χ4n) is 0.886. The van der Waals surface area contributed by atoms with E-state index in [1.165, 1.54) is 21.1 Å². The first-order valence-electron chi connectivity index (χ1n) is 3.95. The van der Waals surface area contributed by atoms with Gasteiger partial charge in [0.15, 0.2) is 12.1 Å². The number of hydrogen-bond acceptors (Lipinski definition) is 5. The Morgan fingerprint density at radius 3 is 2.08 bits per heavy atom. The molecule has 0 aromatic heterocycles. The Balaban J connectivity index is 3.97. The predicted molar refractivity (Wildman–Crippen MR) is 45.1 cm³/mol. The van der Waals surface area contributed by atoms with E-state index < -0.39 is 24.3 Å². The lowest BCUT2D eigenvalue weighted by Crippen LogP contribution is -2.35. The third-order valence-electron chi connectivity index (χ3n) is 1.74. The number of methoxy groups -OCH3 is 2. The molecule has 0 bridgehead atoms. The molecule has 0 rings (SSSR count). The fourth-order valence-corrected chi connectivity index (χ4v) is 0.886. The van der Waals surface area contributed by atoms with Crippen LogP contribution in [-0.4, -0.2) is 48.7 Å². The number of ether oxygens (including phenoxy) is 2. The highest BCUT2D eigenvalue weighted by molar-refractivity contribution is 5.80. The summed E-state index contributed by atoms with van der Waals surface area (Å²) in [6.07, 6.45) is -3.06. The predicted octanol–water partition coefficient (Wildman–Crippen LogP) is -0.694. The first-order valence-corrected chi connectivity index (χ1v) is 3.95. The molecule has 0 aliphatic heterocycles. The molecule has 0 fully saturated rings. The zero-order valence-electron chi connectivity index (χ0n) is 8.06. The molecule has 0 radical (unpaired) electrons. The van der Waals surface area contributed by atoms with Crippen molar-refractivity contribution in [2.45, 2.75) is 31.8 Å². The quantitative estimate of drug-likeness (QED) is 0.544. The van der Waals surface area contributed by atoms with Crippen LogP contribution in [-0.2, 0) is 14.3 Å². The van der Waals surface area contributed by atoms with Gasteiger partial charge in [-0.1, -0.05) is 0 Å². The molecule has 5 heteroatoms. The fraction of sp³-hybridized carbons (Fsp3) is 0.875. The van der Waals surface area contributed by atoms with Gasteiger partial charge in [0.25, 0.3) is 0 Å². The van der Waals surface area contributed by atoms with Gasteiger partial charge in [-0.3, -0.25) is 4.79 Å². The summed E-state index contributed by atoms with van der Waals surface area (Å²) in [6, 6.07) is 0. The van der Waals surface area contributed by atoms with E-state index in [2.05, 4.69) is 0 Å². The molecule has 0 unspecified atom stereocenters. The summed E-state index contributed by atoms with van der Waals surface area (Å²) >= 11 is 0. The van der Waals surface area contributed by atoms with Crippen molar-refractivity contribution in [3.05, 3.63) is 0 Å². The van der Waals surface area contributed by atoms with Gasteiger partial charge in [0.05, 0.1) is 6.10 Å². The molecule has 0 aromatic carbocycles. The van der Waals surface area contributed by atoms with Gasteiger partial charge in [-0.25, -0.2) is 0 Å². The minimum atomic E-state index is -1.37. The number of aliphatic hydroxyl groups excluding tert-OH is 2. The molecule has 0 aliphatic carbocycles. The lowest BCUT2D eigenvalue weighted by molar-refractivity contribution is -0.146. The van der Waals surface area contributed by atoms with E-state index in [1.54, 1.807) is 0 Å². The summed E-state index contributed by atoms with van der Waals surface area (Å²) in [5, 5.41) is 18.4. The van der Waals surface area contributed by atoms with Crippen molar-refractivity contribution in [1.29, 1.82) is 0 Å². The van der Waals surface area contributed by atoms with E-state index in [1.807, 2.05) is 0 Å². The number of rotatable bonds is 6. The molecule has 0 amide bonds. The van der Waals surface area contributed by atoms with Crippen LogP contribution in [0.4, 0.5) is 0 Å². The lowest BCUT2D eigenvalue weighted by atomic mass is 10.1. The zero-order valence-corrected chi connectivity index (χ0v) is 8.06. The Bertz CT molecular complexity index is 155. The van der Waals surface area contributed by atoms with Crippen LogP contribution in [0.2, 0.25) is 0 Å². The van der Waals surface area contributed by atoms with Gasteiger partial charge >= 0.3 is 0 Å². The third kappa shape index (κ3) is 4.33. The molecule has 0 heterocycles. The van der Waals surface area contributed by atoms with E-state index in [9.17, 15) is 9.90 Å². The minimum absolute atomic E-state index is 0.0632. The van der Waals surface area contributed by atoms with Crippen molar-refractivity contribution in [3.63, 3.8) is 0 Å². The third-order valence-corrected chi connectivity index (χ3v) is 1.74. The van der Waals surface area contributed by atoms with Crippen LogP contribution in [0, 0.1) is 0 Å². The minimum Gasteiger partial charge on any atom is -0.390 e. The SMILES string of the molecule is COC(C[C@@H](O)[C@H](O)C(C)=O)OC. The highest BCUT2D eigenvalue weighted by Gasteiger charge is 2.24. The number of Topliss-reactive ketones (excluding diaryl/α,β-unsaturated/α-hetero) is 1. The molecule has 0 saturated heterocycles. The molecule has 0 aliphatic rings. The molecule has 2 atom stereocenters. The maximum absolute atomic E-state index is 10.7. The maximum Gasteiger partial charge on any atom is 0.160 e. The van der Waals surface area contributed by atoms with Gasteiger partial charge in [0.1, 0.15) is 6.10 Å². The number of aliphatic hydroxyl groups is 2. The van der Waals surface area contributed by atoms with E-state index >= 15 is 0 Å². The number of hydrogen-bond donors (Lipinski definition) is 2. The van der Waals surface area contributed by atoms with Crippen molar-refractivity contribution < 1.29 is 24.5 Å². The topological polar surface area (TPSA) is 76.0 Å². The Morgan fingerprint density at radius 2 is 1.77 bits per heavy atom. The smallest absolute Gasteiger partial charge is 0.160 e. The van der Waals surface area contributed by atoms with Gasteiger partial charge in [-0.2, -0.15) is 0 Å². The summed E-state index contributed by atoms with van der Waals surface area (Å²) in [4.78, 5) is 10.7. The van der Waals surface area contributed by atoms with E-state index in [0.29, 0.717) is 0 Å². The Hall–Kier alpha value is -0.490. The van der Waals surface area contributed by atoms with Gasteiger partial charge < -0.3 is 19.7 Å². The maximum atomic E-state index is 10.7. The molecule has 5 nitrogen and oxygen atoms in total. The van der Waals surface area contributed by atoms with E-state index in [4.69, 9.17) is 14.6 Å². The van der Waals surface area contributed by atoms with Crippen molar-refractivity contribution >= 4 is 5.78 Å². The average Bonchev–Trinajstić information content (AvgIpc) is 2.12. The summed E-state index contributed by atoms with van der Waals surface area (Å²) < 4.78 is 9.59. The monoisotopic (exact) mass is 192 g/mol. The summed E-state index contributed by atoms with van der Waals surface area (Å²) in [6.45, 7) is 1.21. The van der Waals surface area contributed by atoms with Crippen LogP contribution in [0.3, 0.4) is 0 Å². The Morgan fingerprint density at radius 1 is 1.31 bits per heavy atom. The Kier molecular flexibility index (Phi) is 5.81. The highest BCUT2D eigenvalue weighted by Crippen LogP contribution is 2.07. The second-order valence-electron chi connectivity index (χ2n) is 2.76. The molecule has 2 N–H and O–H groups in total. The number of carbonyl (C=O) groups is 1. The van der Waals surface area contributed by atoms with Crippen LogP contribution in [0.5, 0.6) is 0 Å². The van der Waals surface area contributed by atoms with Gasteiger partial charge in [-0.05, 0) is 6.92 Å². The van der Waals surface area contributed by atoms with Crippen LogP contribution < -0.4 is 0 Å². The van der Waals surface area contributed by atoms with Crippen LogP contribution in [0.1, 0.15) is 13.3 Å². The lowest BCUT2D eigenvalue weighted by Gasteiger charge is -2.19. The van der Waals surface area contributed by atoms with Gasteiger partial charge in [0.2, 0.25) is 0 Å². The van der Waals surface area contributed by atoms with Crippen LogP contribution >= 0.6 is 0 Å². The second-order valence-corrected chi connectivity index (χ2v) is 2.76. The number of ketones is 1. The summed E-state index contributed by atoms with van der Waals surface area (Å²) in [5.74, 6) is -0.474. The molecule has 0 spiro atoms. The molecule has 0 saturated carbocycles. The zero-order chi connectivity index (χ0) is 10.4. The first kappa shape index (κ1) is 12.5. The molecule has 13 heavy (non-hydrogen) atoms. The van der Waals surface area contributed by atoms with Gasteiger partial charge in [0, 0.05) is 20.6 Å². The Labute approximate surface area is 77.3 Å². The molecular formula is C8H16O5. The van der Waals surface area contributed by atoms with Crippen molar-refractivity contribution in [1.82, 2.24) is 0 Å². The van der Waals surface area contributed by atoms with Gasteiger partial charge in [-0.15, -0.1) is 0 Å². The first-order chi connectivity index (χ1) is 6.02. The standard InChI is InChI=1S/C8H16O5/c1-5(9)8(11)6(10)4-7(12-2)13-3/h6-8,10-11H,4H2,1-3H3/t6-,8-/m1/s1. The van der Waals surface area contributed by atoms with Crippen LogP contribution in [0.15, 0.2) is 0 Å².